The Morgan fingerprint density at radius 2 is 2.25 bits per heavy atom. The average Bonchev–Trinajstić information content (AvgIpc) is 2.69. The smallest absolute Gasteiger partial charge is 0.124 e. The Labute approximate surface area is 92.0 Å². The molecule has 5 heteroatoms. The van der Waals surface area contributed by atoms with Crippen LogP contribution in [0.3, 0.4) is 0 Å². The molecule has 2 aromatic rings. The van der Waals surface area contributed by atoms with E-state index in [0.717, 1.165) is 5.56 Å². The first-order chi connectivity index (χ1) is 7.65. The number of amidine groups is 1. The van der Waals surface area contributed by atoms with Crippen LogP contribution < -0.4 is 5.73 Å². The minimum atomic E-state index is -0.386. The Kier molecular flexibility index (Phi) is 2.68. The number of halogens is 1. The second kappa shape index (κ2) is 4.14. The average molecular weight is 218 g/mol. The minimum Gasteiger partial charge on any atom is -0.384 e. The van der Waals surface area contributed by atoms with Crippen molar-refractivity contribution in [2.75, 3.05) is 0 Å². The van der Waals surface area contributed by atoms with Crippen molar-refractivity contribution >= 4 is 5.84 Å². The van der Waals surface area contributed by atoms with Gasteiger partial charge in [-0.25, -0.2) is 9.37 Å². The van der Waals surface area contributed by atoms with Gasteiger partial charge in [0, 0.05) is 24.5 Å². The van der Waals surface area contributed by atoms with Crippen LogP contribution >= 0.6 is 0 Å². The Bertz CT molecular complexity index is 505. The number of nitrogens with two attached hydrogens (primary N) is 1. The number of nitrogens with zero attached hydrogens (tertiary/aromatic N) is 2. The maximum Gasteiger partial charge on any atom is 0.124 e. The number of nitrogens with one attached hydrogen (secondary N) is 1. The zero-order valence-electron chi connectivity index (χ0n) is 8.52. The van der Waals surface area contributed by atoms with Gasteiger partial charge in [0.05, 0.1) is 6.33 Å². The first-order valence-electron chi connectivity index (χ1n) is 4.75. The molecule has 0 spiro atoms. The number of benzene rings is 1. The molecule has 82 valence electrons. The van der Waals surface area contributed by atoms with Gasteiger partial charge in [0.1, 0.15) is 11.7 Å². The molecule has 0 aliphatic rings. The minimum absolute atomic E-state index is 0.133. The fourth-order valence-corrected chi connectivity index (χ4v) is 1.49. The largest absolute Gasteiger partial charge is 0.384 e. The van der Waals surface area contributed by atoms with E-state index in [4.69, 9.17) is 11.1 Å². The molecule has 2 rings (SSSR count). The van der Waals surface area contributed by atoms with E-state index in [2.05, 4.69) is 4.98 Å². The Hall–Kier alpha value is -2.17. The van der Waals surface area contributed by atoms with Crippen LogP contribution in [-0.2, 0) is 6.54 Å². The maximum atomic E-state index is 13.2. The standard InChI is InChI=1S/C11H11FN4/c12-10-4-8(3-9(5-10)11(13)14)6-16-2-1-15-7-16/h1-5,7H,6H2,(H3,13,14). The first-order valence-corrected chi connectivity index (χ1v) is 4.75. The molecular weight excluding hydrogens is 207 g/mol. The van der Waals surface area contributed by atoms with Crippen LogP contribution in [0.2, 0.25) is 0 Å². The van der Waals surface area contributed by atoms with Gasteiger partial charge < -0.3 is 10.3 Å². The zero-order chi connectivity index (χ0) is 11.5. The van der Waals surface area contributed by atoms with E-state index in [-0.39, 0.29) is 11.7 Å². The quantitative estimate of drug-likeness (QED) is 0.603. The van der Waals surface area contributed by atoms with Crippen LogP contribution in [0, 0.1) is 11.2 Å². The molecule has 16 heavy (non-hydrogen) atoms. The van der Waals surface area contributed by atoms with Crippen molar-refractivity contribution in [2.24, 2.45) is 5.73 Å². The van der Waals surface area contributed by atoms with Gasteiger partial charge in [-0.2, -0.15) is 0 Å². The van der Waals surface area contributed by atoms with Crippen LogP contribution in [-0.4, -0.2) is 15.4 Å². The van der Waals surface area contributed by atoms with Gasteiger partial charge in [0.25, 0.3) is 0 Å². The highest BCUT2D eigenvalue weighted by molar-refractivity contribution is 5.95. The predicted octanol–water partition coefficient (Wildman–Crippen LogP) is 1.35. The number of hydrogen-bond acceptors (Lipinski definition) is 2. The molecule has 0 saturated heterocycles. The number of nitrogen functional groups attached to an aromatic ring is 1. The third-order valence-electron chi connectivity index (χ3n) is 2.19. The van der Waals surface area contributed by atoms with Crippen molar-refractivity contribution in [1.82, 2.24) is 9.55 Å². The first kappa shape index (κ1) is 10.4. The number of aromatic nitrogens is 2. The molecule has 0 aliphatic heterocycles. The van der Waals surface area contributed by atoms with Crippen LogP contribution in [0.5, 0.6) is 0 Å². The van der Waals surface area contributed by atoms with Crippen LogP contribution in [0.1, 0.15) is 11.1 Å². The van der Waals surface area contributed by atoms with Gasteiger partial charge >= 0.3 is 0 Å². The highest BCUT2D eigenvalue weighted by Crippen LogP contribution is 2.10. The van der Waals surface area contributed by atoms with Crippen LogP contribution in [0.15, 0.2) is 36.9 Å². The van der Waals surface area contributed by atoms with Crippen molar-refractivity contribution in [3.05, 3.63) is 53.9 Å². The summed E-state index contributed by atoms with van der Waals surface area (Å²) in [5.74, 6) is -0.519. The summed E-state index contributed by atoms with van der Waals surface area (Å²) in [6.07, 6.45) is 5.10. The molecular formula is C11H11FN4. The highest BCUT2D eigenvalue weighted by atomic mass is 19.1. The molecule has 0 aliphatic carbocycles. The monoisotopic (exact) mass is 218 g/mol. The van der Waals surface area contributed by atoms with Gasteiger partial charge in [-0.1, -0.05) is 0 Å². The van der Waals surface area contributed by atoms with Gasteiger partial charge in [-0.3, -0.25) is 5.41 Å². The van der Waals surface area contributed by atoms with Crippen molar-refractivity contribution < 1.29 is 4.39 Å². The molecule has 1 heterocycles. The summed E-state index contributed by atoms with van der Waals surface area (Å²) in [7, 11) is 0. The molecule has 0 fully saturated rings. The van der Waals surface area contributed by atoms with Gasteiger partial charge in [-0.05, 0) is 23.8 Å². The number of hydrogen-bond donors (Lipinski definition) is 2. The van der Waals surface area contributed by atoms with Crippen molar-refractivity contribution in [3.8, 4) is 0 Å². The summed E-state index contributed by atoms with van der Waals surface area (Å²) < 4.78 is 15.1. The predicted molar refractivity (Wildman–Crippen MR) is 58.7 cm³/mol. The molecule has 0 bridgehead atoms. The summed E-state index contributed by atoms with van der Waals surface area (Å²) in [6.45, 7) is 0.512. The van der Waals surface area contributed by atoms with E-state index in [9.17, 15) is 4.39 Å². The number of rotatable bonds is 3. The topological polar surface area (TPSA) is 67.7 Å². The Morgan fingerprint density at radius 1 is 1.44 bits per heavy atom. The molecule has 0 atom stereocenters. The van der Waals surface area contributed by atoms with Gasteiger partial charge in [0.2, 0.25) is 0 Å². The SMILES string of the molecule is N=C(N)c1cc(F)cc(Cn2ccnc2)c1. The molecule has 0 unspecified atom stereocenters. The van der Waals surface area contributed by atoms with Crippen LogP contribution in [0.4, 0.5) is 4.39 Å². The molecule has 1 aromatic carbocycles. The van der Waals surface area contributed by atoms with E-state index in [1.165, 1.54) is 12.1 Å². The van der Waals surface area contributed by atoms with Crippen LogP contribution in [0.25, 0.3) is 0 Å². The van der Waals surface area contributed by atoms with E-state index in [0.29, 0.717) is 12.1 Å². The summed E-state index contributed by atoms with van der Waals surface area (Å²) >= 11 is 0. The summed E-state index contributed by atoms with van der Waals surface area (Å²) in [5.41, 5.74) is 6.47. The number of imidazole rings is 1. The second-order valence-electron chi connectivity index (χ2n) is 3.50. The Balaban J connectivity index is 2.31. The lowest BCUT2D eigenvalue weighted by molar-refractivity contribution is 0.623. The maximum absolute atomic E-state index is 13.2. The molecule has 4 nitrogen and oxygen atoms in total. The molecule has 0 radical (unpaired) electrons. The third-order valence-corrected chi connectivity index (χ3v) is 2.19. The lowest BCUT2D eigenvalue weighted by Gasteiger charge is -2.05. The zero-order valence-corrected chi connectivity index (χ0v) is 8.52. The Morgan fingerprint density at radius 3 is 2.88 bits per heavy atom. The van der Waals surface area contributed by atoms with E-state index >= 15 is 0 Å². The lowest BCUT2D eigenvalue weighted by Crippen LogP contribution is -2.12. The highest BCUT2D eigenvalue weighted by Gasteiger charge is 2.03. The second-order valence-corrected chi connectivity index (χ2v) is 3.50. The van der Waals surface area contributed by atoms with Gasteiger partial charge in [-0.15, -0.1) is 0 Å². The summed E-state index contributed by atoms with van der Waals surface area (Å²) in [6, 6.07) is 4.37. The molecule has 0 amide bonds. The summed E-state index contributed by atoms with van der Waals surface area (Å²) in [5, 5.41) is 7.27. The lowest BCUT2D eigenvalue weighted by atomic mass is 10.1. The third kappa shape index (κ3) is 2.25. The fourth-order valence-electron chi connectivity index (χ4n) is 1.49. The molecule has 3 N–H and O–H groups in total. The van der Waals surface area contributed by atoms with Gasteiger partial charge in [0.15, 0.2) is 0 Å². The summed E-state index contributed by atoms with van der Waals surface area (Å²) in [4.78, 5) is 3.90. The fraction of sp³-hybridized carbons (Fsp3) is 0.0909. The normalized spacial score (nSPS) is 10.3. The molecule has 0 saturated carbocycles. The van der Waals surface area contributed by atoms with E-state index in [1.54, 1.807) is 24.8 Å². The van der Waals surface area contributed by atoms with Crippen molar-refractivity contribution in [1.29, 1.82) is 5.41 Å². The van der Waals surface area contributed by atoms with E-state index < -0.39 is 0 Å². The van der Waals surface area contributed by atoms with Crippen molar-refractivity contribution in [2.45, 2.75) is 6.54 Å². The molecule has 1 aromatic heterocycles. The van der Waals surface area contributed by atoms with E-state index in [1.807, 2.05) is 4.57 Å². The van der Waals surface area contributed by atoms with Crippen molar-refractivity contribution in [3.63, 3.8) is 0 Å².